The fourth-order valence-electron chi connectivity index (χ4n) is 3.11. The van der Waals surface area contributed by atoms with Gasteiger partial charge in [-0.1, -0.05) is 18.7 Å². The van der Waals surface area contributed by atoms with Crippen molar-refractivity contribution >= 4 is 34.7 Å². The van der Waals surface area contributed by atoms with E-state index < -0.39 is 29.3 Å². The van der Waals surface area contributed by atoms with Crippen molar-refractivity contribution in [1.29, 1.82) is 0 Å². The molecule has 0 spiro atoms. The number of hydrogen-bond acceptors (Lipinski definition) is 5. The van der Waals surface area contributed by atoms with E-state index in [9.17, 15) is 13.6 Å². The van der Waals surface area contributed by atoms with E-state index in [1.54, 1.807) is 29.9 Å². The van der Waals surface area contributed by atoms with E-state index >= 15 is 0 Å². The summed E-state index contributed by atoms with van der Waals surface area (Å²) in [5.74, 6) is -2.71. The number of aliphatic imine (C=N–C) groups is 1. The Morgan fingerprint density at radius 2 is 2.00 bits per heavy atom. The number of amides is 1. The van der Waals surface area contributed by atoms with Crippen molar-refractivity contribution in [2.45, 2.75) is 13.1 Å². The number of halogens is 2. The van der Waals surface area contributed by atoms with E-state index in [0.29, 0.717) is 5.70 Å². The van der Waals surface area contributed by atoms with Crippen molar-refractivity contribution in [2.75, 3.05) is 0 Å². The summed E-state index contributed by atoms with van der Waals surface area (Å²) in [6, 6.07) is 9.15. The molecule has 0 fully saturated rings. The second-order valence-electron chi connectivity index (χ2n) is 6.90. The van der Waals surface area contributed by atoms with Crippen LogP contribution in [-0.2, 0) is 0 Å². The number of nitrogens with zero attached hydrogens (tertiary/aromatic N) is 2. The molecule has 1 amide bonds. The summed E-state index contributed by atoms with van der Waals surface area (Å²) in [5, 5.41) is 5.51. The molecule has 0 radical (unpaired) electrons. The molecular formula is C23H18F2N4OS. The lowest BCUT2D eigenvalue weighted by Crippen LogP contribution is -2.46. The van der Waals surface area contributed by atoms with Crippen LogP contribution in [0.4, 0.5) is 8.78 Å². The number of hydrogen-bond donors (Lipinski definition) is 2. The fraction of sp³-hybridized carbons (Fsp3) is 0.0870. The Hall–Kier alpha value is -3.65. The first kappa shape index (κ1) is 20.6. The number of benzene rings is 1. The number of aromatic nitrogens is 1. The van der Waals surface area contributed by atoms with E-state index in [2.05, 4.69) is 27.2 Å². The molecule has 8 heteroatoms. The van der Waals surface area contributed by atoms with Crippen LogP contribution in [0.25, 0.3) is 21.7 Å². The Labute approximate surface area is 181 Å². The van der Waals surface area contributed by atoms with Gasteiger partial charge in [-0.15, -0.1) is 11.3 Å². The van der Waals surface area contributed by atoms with Gasteiger partial charge in [0, 0.05) is 45.7 Å². The van der Waals surface area contributed by atoms with Gasteiger partial charge in [0.25, 0.3) is 5.91 Å². The highest BCUT2D eigenvalue weighted by atomic mass is 32.1. The lowest BCUT2D eigenvalue weighted by atomic mass is 10.1. The topological polar surface area (TPSA) is 66.4 Å². The van der Waals surface area contributed by atoms with E-state index in [4.69, 9.17) is 0 Å². The quantitative estimate of drug-likeness (QED) is 0.601. The highest BCUT2D eigenvalue weighted by Crippen LogP contribution is 2.38. The van der Waals surface area contributed by atoms with Crippen molar-refractivity contribution in [1.82, 2.24) is 15.6 Å². The average Bonchev–Trinajstić information content (AvgIpc) is 3.21. The second kappa shape index (κ2) is 8.61. The van der Waals surface area contributed by atoms with Gasteiger partial charge in [0.1, 0.15) is 23.4 Å². The Balaban J connectivity index is 1.54. The van der Waals surface area contributed by atoms with Gasteiger partial charge >= 0.3 is 0 Å². The number of rotatable bonds is 5. The predicted molar refractivity (Wildman–Crippen MR) is 119 cm³/mol. The predicted octanol–water partition coefficient (Wildman–Crippen LogP) is 4.85. The number of carbonyl (C=O) groups is 1. The normalized spacial score (nSPS) is 15.2. The number of nitrogens with one attached hydrogen (secondary N) is 2. The maximum Gasteiger partial charge on any atom is 0.259 e. The van der Waals surface area contributed by atoms with Crippen molar-refractivity contribution < 1.29 is 13.6 Å². The van der Waals surface area contributed by atoms with Gasteiger partial charge in [-0.05, 0) is 36.8 Å². The summed E-state index contributed by atoms with van der Waals surface area (Å²) in [4.78, 5) is 22.9. The maximum absolute atomic E-state index is 13.8. The zero-order chi connectivity index (χ0) is 22.0. The summed E-state index contributed by atoms with van der Waals surface area (Å²) >= 11 is 1.59. The van der Waals surface area contributed by atoms with Crippen LogP contribution < -0.4 is 10.6 Å². The van der Waals surface area contributed by atoms with E-state index in [1.807, 2.05) is 25.1 Å². The minimum Gasteiger partial charge on any atom is -0.365 e. The zero-order valence-corrected chi connectivity index (χ0v) is 17.3. The molecule has 0 saturated heterocycles. The van der Waals surface area contributed by atoms with Crippen molar-refractivity contribution in [3.05, 3.63) is 89.2 Å². The smallest absolute Gasteiger partial charge is 0.259 e. The summed E-state index contributed by atoms with van der Waals surface area (Å²) in [5.41, 5.74) is 2.82. The molecule has 2 aromatic heterocycles. The molecule has 1 aliphatic rings. The second-order valence-corrected chi connectivity index (χ2v) is 7.95. The van der Waals surface area contributed by atoms with Crippen LogP contribution in [0.15, 0.2) is 66.6 Å². The Morgan fingerprint density at radius 3 is 2.61 bits per heavy atom. The van der Waals surface area contributed by atoms with Crippen LogP contribution in [-0.4, -0.2) is 23.3 Å². The van der Waals surface area contributed by atoms with E-state index in [1.165, 1.54) is 12.3 Å². The molecule has 5 nitrogen and oxygen atoms in total. The Morgan fingerprint density at radius 1 is 1.23 bits per heavy atom. The third kappa shape index (κ3) is 4.29. The van der Waals surface area contributed by atoms with Gasteiger partial charge in [-0.2, -0.15) is 0 Å². The van der Waals surface area contributed by atoms with E-state index in [0.717, 1.165) is 38.6 Å². The summed E-state index contributed by atoms with van der Waals surface area (Å²) in [7, 11) is 0. The van der Waals surface area contributed by atoms with Gasteiger partial charge in [-0.25, -0.2) is 8.78 Å². The molecule has 4 rings (SSSR count). The largest absolute Gasteiger partial charge is 0.365 e. The third-order valence-electron chi connectivity index (χ3n) is 4.58. The maximum atomic E-state index is 13.8. The first-order chi connectivity index (χ1) is 14.9. The molecule has 1 unspecified atom stereocenters. The van der Waals surface area contributed by atoms with Gasteiger partial charge in [-0.3, -0.25) is 14.8 Å². The average molecular weight is 436 g/mol. The molecule has 156 valence electrons. The zero-order valence-electron chi connectivity index (χ0n) is 16.5. The van der Waals surface area contributed by atoms with Crippen LogP contribution in [0.2, 0.25) is 0 Å². The highest BCUT2D eigenvalue weighted by Gasteiger charge is 2.22. The van der Waals surface area contributed by atoms with Crippen LogP contribution in [0.5, 0.6) is 0 Å². The lowest BCUT2D eigenvalue weighted by Gasteiger charge is -2.19. The van der Waals surface area contributed by atoms with Crippen LogP contribution in [0.1, 0.15) is 27.7 Å². The molecule has 1 atom stereocenters. The van der Waals surface area contributed by atoms with Gasteiger partial charge in [0.2, 0.25) is 0 Å². The van der Waals surface area contributed by atoms with Gasteiger partial charge < -0.3 is 10.6 Å². The molecule has 1 aliphatic heterocycles. The fourth-order valence-corrected chi connectivity index (χ4v) is 4.19. The molecular weight excluding hydrogens is 418 g/mol. The Bertz CT molecular complexity index is 1200. The molecule has 31 heavy (non-hydrogen) atoms. The SMILES string of the molecule is C=C(C)c1sc(-c2cccnc2)cc1C1=CNC(NC(=O)c2c(F)cccc2F)C=N1. The summed E-state index contributed by atoms with van der Waals surface area (Å²) in [6.07, 6.45) is 5.94. The number of carbonyl (C=O) groups excluding carboxylic acids is 1. The van der Waals surface area contributed by atoms with Gasteiger partial charge in [0.05, 0.1) is 5.70 Å². The van der Waals surface area contributed by atoms with Crippen LogP contribution in [0.3, 0.4) is 0 Å². The molecule has 3 aromatic rings. The molecule has 0 bridgehead atoms. The minimum absolute atomic E-state index is 0.629. The van der Waals surface area contributed by atoms with Crippen molar-refractivity contribution in [3.63, 3.8) is 0 Å². The molecule has 0 aliphatic carbocycles. The molecule has 2 N–H and O–H groups in total. The third-order valence-corrected chi connectivity index (χ3v) is 5.93. The van der Waals surface area contributed by atoms with Crippen LogP contribution in [0, 0.1) is 11.6 Å². The first-order valence-corrected chi connectivity index (χ1v) is 10.2. The lowest BCUT2D eigenvalue weighted by molar-refractivity contribution is 0.0936. The van der Waals surface area contributed by atoms with Crippen LogP contribution >= 0.6 is 11.3 Å². The summed E-state index contributed by atoms with van der Waals surface area (Å²) < 4.78 is 27.6. The molecule has 1 aromatic carbocycles. The van der Waals surface area contributed by atoms with Crippen molar-refractivity contribution in [2.24, 2.45) is 4.99 Å². The molecule has 0 saturated carbocycles. The van der Waals surface area contributed by atoms with Gasteiger partial charge in [0.15, 0.2) is 0 Å². The van der Waals surface area contributed by atoms with E-state index in [-0.39, 0.29) is 0 Å². The first-order valence-electron chi connectivity index (χ1n) is 9.40. The molecule has 3 heterocycles. The van der Waals surface area contributed by atoms with Crippen molar-refractivity contribution in [3.8, 4) is 10.4 Å². The number of pyridine rings is 1. The number of allylic oxidation sites excluding steroid dienone is 1. The monoisotopic (exact) mass is 436 g/mol. The number of thiophene rings is 1. The standard InChI is InChI=1S/C23H18F2N4OS/c1-13(2)22-15(9-19(31-22)14-5-4-8-26-10-14)18-11-28-20(12-27-18)29-23(30)21-16(24)6-3-7-17(21)25/h3-12,20,28H,1H2,2H3,(H,29,30). The summed E-state index contributed by atoms with van der Waals surface area (Å²) in [6.45, 7) is 5.98. The highest BCUT2D eigenvalue weighted by molar-refractivity contribution is 7.16. The Kier molecular flexibility index (Phi) is 5.73. The minimum atomic E-state index is -0.922.